The number of carbonyl (C=O) groups is 2. The van der Waals surface area contributed by atoms with Gasteiger partial charge in [-0.3, -0.25) is 4.79 Å². The highest BCUT2D eigenvalue weighted by Gasteiger charge is 2.08. The third kappa shape index (κ3) is 5.10. The minimum Gasteiger partial charge on any atom is -0.329 e. The summed E-state index contributed by atoms with van der Waals surface area (Å²) in [7, 11) is 0. The van der Waals surface area contributed by atoms with Crippen LogP contribution in [0.25, 0.3) is 0 Å². The summed E-state index contributed by atoms with van der Waals surface area (Å²) in [5, 5.41) is 7.63. The van der Waals surface area contributed by atoms with Crippen LogP contribution in [0.5, 0.6) is 0 Å². The summed E-state index contributed by atoms with van der Waals surface area (Å²) in [5.41, 5.74) is 3.05. The van der Waals surface area contributed by atoms with Gasteiger partial charge in [0, 0.05) is 11.4 Å². The quantitative estimate of drug-likeness (QED) is 0.811. The van der Waals surface area contributed by atoms with Gasteiger partial charge >= 0.3 is 6.03 Å². The van der Waals surface area contributed by atoms with Crippen molar-refractivity contribution in [1.82, 2.24) is 5.32 Å². The van der Waals surface area contributed by atoms with Crippen molar-refractivity contribution >= 4 is 23.3 Å². The first-order chi connectivity index (χ1) is 10.9. The zero-order chi connectivity index (χ0) is 16.8. The largest absolute Gasteiger partial charge is 0.329 e. The van der Waals surface area contributed by atoms with Gasteiger partial charge in [-0.05, 0) is 43.7 Å². The summed E-state index contributed by atoms with van der Waals surface area (Å²) in [6.07, 6.45) is 0. The summed E-state index contributed by atoms with van der Waals surface area (Å²) >= 11 is 0. The van der Waals surface area contributed by atoms with Crippen LogP contribution in [0, 0.1) is 19.7 Å². The van der Waals surface area contributed by atoms with E-state index in [-0.39, 0.29) is 6.54 Å². The second-order valence-corrected chi connectivity index (χ2v) is 5.18. The van der Waals surface area contributed by atoms with Gasteiger partial charge in [0.1, 0.15) is 5.82 Å². The molecule has 6 heteroatoms. The minimum absolute atomic E-state index is 0.215. The fraction of sp³-hybridized carbons (Fsp3) is 0.176. The van der Waals surface area contributed by atoms with E-state index in [1.54, 1.807) is 12.1 Å². The summed E-state index contributed by atoms with van der Waals surface area (Å²) in [6.45, 7) is 3.64. The molecule has 0 spiro atoms. The average Bonchev–Trinajstić information content (AvgIpc) is 2.48. The molecular formula is C17H18FN3O2. The lowest BCUT2D eigenvalue weighted by molar-refractivity contribution is -0.115. The van der Waals surface area contributed by atoms with E-state index in [0.29, 0.717) is 11.4 Å². The fourth-order valence-corrected chi connectivity index (χ4v) is 2.05. The molecular weight excluding hydrogens is 297 g/mol. The van der Waals surface area contributed by atoms with Gasteiger partial charge in [0.2, 0.25) is 5.91 Å². The Kier molecular flexibility index (Phi) is 5.30. The van der Waals surface area contributed by atoms with E-state index >= 15 is 0 Å². The molecule has 2 aromatic rings. The van der Waals surface area contributed by atoms with Gasteiger partial charge < -0.3 is 16.0 Å². The van der Waals surface area contributed by atoms with Crippen molar-refractivity contribution in [1.29, 1.82) is 0 Å². The van der Waals surface area contributed by atoms with E-state index < -0.39 is 17.8 Å². The van der Waals surface area contributed by atoms with Crippen LogP contribution in [0.15, 0.2) is 42.5 Å². The van der Waals surface area contributed by atoms with Crippen LogP contribution >= 0.6 is 0 Å². The highest BCUT2D eigenvalue weighted by Crippen LogP contribution is 2.15. The summed E-state index contributed by atoms with van der Waals surface area (Å²) in [6, 6.07) is 10.7. The van der Waals surface area contributed by atoms with E-state index in [1.807, 2.05) is 26.0 Å². The molecule has 5 nitrogen and oxygen atoms in total. The monoisotopic (exact) mass is 315 g/mol. The zero-order valence-electron chi connectivity index (χ0n) is 12.9. The van der Waals surface area contributed by atoms with E-state index in [1.165, 1.54) is 18.2 Å². The Hall–Kier alpha value is -2.89. The number of aryl methyl sites for hydroxylation is 2. The molecule has 3 N–H and O–H groups in total. The number of hydrogen-bond acceptors (Lipinski definition) is 2. The molecule has 0 bridgehead atoms. The first-order valence-electron chi connectivity index (χ1n) is 7.11. The molecule has 0 aliphatic carbocycles. The first-order valence-corrected chi connectivity index (χ1v) is 7.11. The van der Waals surface area contributed by atoms with Crippen molar-refractivity contribution in [3.8, 4) is 0 Å². The molecule has 2 aromatic carbocycles. The molecule has 2 rings (SSSR count). The van der Waals surface area contributed by atoms with Gasteiger partial charge in [0.25, 0.3) is 0 Å². The smallest absolute Gasteiger partial charge is 0.319 e. The fourth-order valence-electron chi connectivity index (χ4n) is 2.05. The normalized spacial score (nSPS) is 10.0. The van der Waals surface area contributed by atoms with Gasteiger partial charge in [0.05, 0.1) is 6.54 Å². The van der Waals surface area contributed by atoms with Gasteiger partial charge in [0.15, 0.2) is 0 Å². The summed E-state index contributed by atoms with van der Waals surface area (Å²) in [5.74, 6) is -0.880. The maximum Gasteiger partial charge on any atom is 0.319 e. The summed E-state index contributed by atoms with van der Waals surface area (Å²) < 4.78 is 13.0. The maximum atomic E-state index is 13.0. The van der Waals surface area contributed by atoms with Crippen LogP contribution in [0.1, 0.15) is 11.1 Å². The van der Waals surface area contributed by atoms with Crippen molar-refractivity contribution in [2.24, 2.45) is 0 Å². The Morgan fingerprint density at radius 3 is 2.52 bits per heavy atom. The van der Waals surface area contributed by atoms with Crippen LogP contribution in [-0.2, 0) is 4.79 Å². The standard InChI is InChI=1S/C17H18FN3O2/c1-11-6-7-15(12(2)8-11)21-17(23)19-10-16(22)20-14-5-3-4-13(18)9-14/h3-9H,10H2,1-2H3,(H,20,22)(H2,19,21,23). The van der Waals surface area contributed by atoms with Gasteiger partial charge in [-0.25, -0.2) is 9.18 Å². The number of anilines is 2. The number of halogens is 1. The van der Waals surface area contributed by atoms with Crippen LogP contribution in [-0.4, -0.2) is 18.5 Å². The van der Waals surface area contributed by atoms with Crippen LogP contribution in [0.4, 0.5) is 20.6 Å². The lowest BCUT2D eigenvalue weighted by Gasteiger charge is -2.10. The third-order valence-electron chi connectivity index (χ3n) is 3.15. The second-order valence-electron chi connectivity index (χ2n) is 5.18. The molecule has 0 heterocycles. The molecule has 0 fully saturated rings. The van der Waals surface area contributed by atoms with Crippen molar-refractivity contribution in [3.63, 3.8) is 0 Å². The van der Waals surface area contributed by atoms with Gasteiger partial charge in [-0.2, -0.15) is 0 Å². The Balaban J connectivity index is 1.83. The number of amides is 3. The van der Waals surface area contributed by atoms with Crippen LogP contribution in [0.2, 0.25) is 0 Å². The van der Waals surface area contributed by atoms with Crippen LogP contribution in [0.3, 0.4) is 0 Å². The van der Waals surface area contributed by atoms with E-state index in [9.17, 15) is 14.0 Å². The number of urea groups is 1. The highest BCUT2D eigenvalue weighted by molar-refractivity contribution is 5.97. The van der Waals surface area contributed by atoms with Gasteiger partial charge in [-0.1, -0.05) is 23.8 Å². The summed E-state index contributed by atoms with van der Waals surface area (Å²) in [4.78, 5) is 23.5. The highest BCUT2D eigenvalue weighted by atomic mass is 19.1. The minimum atomic E-state index is -0.480. The first kappa shape index (κ1) is 16.5. The predicted octanol–water partition coefficient (Wildman–Crippen LogP) is 3.20. The molecule has 0 saturated carbocycles. The number of benzene rings is 2. The Morgan fingerprint density at radius 2 is 1.83 bits per heavy atom. The molecule has 0 aliphatic heterocycles. The van der Waals surface area contributed by atoms with E-state index in [4.69, 9.17) is 0 Å². The van der Waals surface area contributed by atoms with Crippen molar-refractivity contribution in [2.75, 3.05) is 17.2 Å². The lowest BCUT2D eigenvalue weighted by Crippen LogP contribution is -2.35. The number of rotatable bonds is 4. The molecule has 120 valence electrons. The van der Waals surface area contributed by atoms with Gasteiger partial charge in [-0.15, -0.1) is 0 Å². The Labute approximate surface area is 133 Å². The van der Waals surface area contributed by atoms with Crippen LogP contribution < -0.4 is 16.0 Å². The molecule has 0 saturated heterocycles. The van der Waals surface area contributed by atoms with E-state index in [2.05, 4.69) is 16.0 Å². The number of carbonyl (C=O) groups excluding carboxylic acids is 2. The third-order valence-corrected chi connectivity index (χ3v) is 3.15. The molecule has 0 aliphatic rings. The Bertz CT molecular complexity index is 732. The SMILES string of the molecule is Cc1ccc(NC(=O)NCC(=O)Nc2cccc(F)c2)c(C)c1. The van der Waals surface area contributed by atoms with Crippen molar-refractivity contribution in [2.45, 2.75) is 13.8 Å². The lowest BCUT2D eigenvalue weighted by atomic mass is 10.1. The molecule has 0 unspecified atom stereocenters. The van der Waals surface area contributed by atoms with Crippen molar-refractivity contribution < 1.29 is 14.0 Å². The topological polar surface area (TPSA) is 70.2 Å². The maximum absolute atomic E-state index is 13.0. The average molecular weight is 315 g/mol. The molecule has 0 aromatic heterocycles. The second kappa shape index (κ2) is 7.40. The number of hydrogen-bond donors (Lipinski definition) is 3. The molecule has 23 heavy (non-hydrogen) atoms. The van der Waals surface area contributed by atoms with Crippen molar-refractivity contribution in [3.05, 3.63) is 59.4 Å². The molecule has 3 amide bonds. The number of nitrogens with one attached hydrogen (secondary N) is 3. The molecule has 0 atom stereocenters. The van der Waals surface area contributed by atoms with E-state index in [0.717, 1.165) is 11.1 Å². The predicted molar refractivity (Wildman–Crippen MR) is 88.0 cm³/mol. The zero-order valence-corrected chi connectivity index (χ0v) is 12.9. The Morgan fingerprint density at radius 1 is 1.04 bits per heavy atom. The molecule has 0 radical (unpaired) electrons.